The average molecular weight is 281 g/mol. The molecule has 0 aromatic heterocycles. The quantitative estimate of drug-likeness (QED) is 0.843. The smallest absolute Gasteiger partial charge is 0.262 e. The lowest BCUT2D eigenvalue weighted by Gasteiger charge is -2.11. The van der Waals surface area contributed by atoms with Gasteiger partial charge in [0.05, 0.1) is 5.56 Å². The maximum absolute atomic E-state index is 11.9. The van der Waals surface area contributed by atoms with Crippen molar-refractivity contribution < 1.29 is 9.53 Å². The highest BCUT2D eigenvalue weighted by Gasteiger charge is 2.08. The van der Waals surface area contributed by atoms with Gasteiger partial charge in [-0.15, -0.1) is 0 Å². The summed E-state index contributed by atoms with van der Waals surface area (Å²) in [5.41, 5.74) is 8.25. The molecule has 0 saturated carbocycles. The normalized spacial score (nSPS) is 9.71. The van der Waals surface area contributed by atoms with Crippen LogP contribution in [-0.2, 0) is 4.79 Å². The molecule has 0 spiro atoms. The number of anilines is 2. The third kappa shape index (κ3) is 3.51. The molecule has 2 rings (SSSR count). The SMILES string of the molecule is Cc1c(N)cccc1NC(=O)COc1ccccc1C#N. The third-order valence-corrected chi connectivity index (χ3v) is 3.02. The minimum Gasteiger partial charge on any atom is -0.482 e. The van der Waals surface area contributed by atoms with Crippen molar-refractivity contribution in [2.75, 3.05) is 17.7 Å². The Balaban J connectivity index is 2.00. The van der Waals surface area contributed by atoms with Crippen LogP contribution in [0.25, 0.3) is 0 Å². The van der Waals surface area contributed by atoms with Crippen molar-refractivity contribution in [3.8, 4) is 11.8 Å². The monoisotopic (exact) mass is 281 g/mol. The number of ether oxygens (including phenoxy) is 1. The molecule has 106 valence electrons. The molecule has 3 N–H and O–H groups in total. The zero-order valence-electron chi connectivity index (χ0n) is 11.6. The van der Waals surface area contributed by atoms with Gasteiger partial charge in [-0.3, -0.25) is 4.79 Å². The van der Waals surface area contributed by atoms with Gasteiger partial charge in [0.1, 0.15) is 11.8 Å². The lowest BCUT2D eigenvalue weighted by atomic mass is 10.1. The number of hydrogen-bond acceptors (Lipinski definition) is 4. The van der Waals surface area contributed by atoms with Crippen molar-refractivity contribution >= 4 is 17.3 Å². The molecular weight excluding hydrogens is 266 g/mol. The lowest BCUT2D eigenvalue weighted by molar-refractivity contribution is -0.118. The number of nitrogens with one attached hydrogen (secondary N) is 1. The second-order valence-electron chi connectivity index (χ2n) is 4.46. The first-order valence-corrected chi connectivity index (χ1v) is 6.38. The summed E-state index contributed by atoms with van der Waals surface area (Å²) in [4.78, 5) is 11.9. The average Bonchev–Trinajstić information content (AvgIpc) is 2.50. The zero-order valence-corrected chi connectivity index (χ0v) is 11.6. The Hall–Kier alpha value is -3.00. The van der Waals surface area contributed by atoms with Gasteiger partial charge < -0.3 is 15.8 Å². The number of nitrogens with zero attached hydrogens (tertiary/aromatic N) is 1. The van der Waals surface area contributed by atoms with E-state index in [9.17, 15) is 4.79 Å². The maximum atomic E-state index is 11.9. The number of benzene rings is 2. The number of para-hydroxylation sites is 1. The molecule has 2 aromatic rings. The minimum atomic E-state index is -0.309. The largest absolute Gasteiger partial charge is 0.482 e. The highest BCUT2D eigenvalue weighted by molar-refractivity contribution is 5.93. The summed E-state index contributed by atoms with van der Waals surface area (Å²) in [7, 11) is 0. The van der Waals surface area contributed by atoms with E-state index >= 15 is 0 Å². The predicted molar refractivity (Wildman–Crippen MR) is 80.9 cm³/mol. The van der Waals surface area contributed by atoms with Gasteiger partial charge in [-0.1, -0.05) is 18.2 Å². The van der Waals surface area contributed by atoms with Crippen LogP contribution in [0.15, 0.2) is 42.5 Å². The lowest BCUT2D eigenvalue weighted by Crippen LogP contribution is -2.21. The molecule has 0 aliphatic rings. The molecule has 1 amide bonds. The molecule has 0 bridgehead atoms. The summed E-state index contributed by atoms with van der Waals surface area (Å²) < 4.78 is 5.37. The van der Waals surface area contributed by atoms with Crippen LogP contribution in [0.1, 0.15) is 11.1 Å². The Kier molecular flexibility index (Phi) is 4.42. The first kappa shape index (κ1) is 14.4. The fourth-order valence-corrected chi connectivity index (χ4v) is 1.80. The molecule has 0 atom stereocenters. The third-order valence-electron chi connectivity index (χ3n) is 3.02. The Morgan fingerprint density at radius 2 is 2.05 bits per heavy atom. The van der Waals surface area contributed by atoms with Gasteiger partial charge in [-0.25, -0.2) is 0 Å². The number of hydrogen-bond donors (Lipinski definition) is 2. The maximum Gasteiger partial charge on any atom is 0.262 e. The van der Waals surface area contributed by atoms with Crippen LogP contribution in [0, 0.1) is 18.3 Å². The number of nitrogens with two attached hydrogens (primary N) is 1. The highest BCUT2D eigenvalue weighted by atomic mass is 16.5. The van der Waals surface area contributed by atoms with Crippen molar-refractivity contribution in [2.24, 2.45) is 0 Å². The van der Waals surface area contributed by atoms with Crippen LogP contribution < -0.4 is 15.8 Å². The van der Waals surface area contributed by atoms with Gasteiger partial charge in [-0.2, -0.15) is 5.26 Å². The van der Waals surface area contributed by atoms with E-state index in [1.165, 1.54) is 0 Å². The van der Waals surface area contributed by atoms with E-state index in [1.807, 2.05) is 13.0 Å². The van der Waals surface area contributed by atoms with Crippen molar-refractivity contribution in [3.63, 3.8) is 0 Å². The van der Waals surface area contributed by atoms with Gasteiger partial charge >= 0.3 is 0 Å². The first-order valence-electron chi connectivity index (χ1n) is 6.38. The number of amides is 1. The fourth-order valence-electron chi connectivity index (χ4n) is 1.80. The van der Waals surface area contributed by atoms with E-state index in [2.05, 4.69) is 5.32 Å². The van der Waals surface area contributed by atoms with Crippen molar-refractivity contribution in [1.82, 2.24) is 0 Å². The fraction of sp³-hybridized carbons (Fsp3) is 0.125. The molecule has 0 aliphatic carbocycles. The van der Waals surface area contributed by atoms with Crippen LogP contribution in [0.4, 0.5) is 11.4 Å². The summed E-state index contributed by atoms with van der Waals surface area (Å²) in [5, 5.41) is 11.7. The Bertz CT molecular complexity index is 705. The van der Waals surface area contributed by atoms with Gasteiger partial charge in [0.15, 0.2) is 6.61 Å². The highest BCUT2D eigenvalue weighted by Crippen LogP contribution is 2.20. The van der Waals surface area contributed by atoms with Crippen LogP contribution >= 0.6 is 0 Å². The Morgan fingerprint density at radius 3 is 2.81 bits per heavy atom. The zero-order chi connectivity index (χ0) is 15.2. The molecule has 0 saturated heterocycles. The molecule has 2 aromatic carbocycles. The molecule has 0 unspecified atom stereocenters. The molecule has 5 nitrogen and oxygen atoms in total. The molecule has 0 heterocycles. The summed E-state index contributed by atoms with van der Waals surface area (Å²) in [6.45, 7) is 1.66. The molecular formula is C16H15N3O2. The minimum absolute atomic E-state index is 0.174. The molecule has 0 fully saturated rings. The summed E-state index contributed by atoms with van der Waals surface area (Å²) in [6.07, 6.45) is 0. The number of rotatable bonds is 4. The van der Waals surface area contributed by atoms with E-state index in [0.29, 0.717) is 22.7 Å². The molecule has 21 heavy (non-hydrogen) atoms. The van der Waals surface area contributed by atoms with E-state index in [1.54, 1.807) is 42.5 Å². The Labute approximate surface area is 123 Å². The summed E-state index contributed by atoms with van der Waals surface area (Å²) in [6, 6.07) is 14.1. The van der Waals surface area contributed by atoms with Gasteiger partial charge in [0.25, 0.3) is 5.91 Å². The summed E-state index contributed by atoms with van der Waals surface area (Å²) in [5.74, 6) is 0.0795. The predicted octanol–water partition coefficient (Wildman–Crippen LogP) is 2.47. The molecule has 0 aliphatic heterocycles. The van der Waals surface area contributed by atoms with Gasteiger partial charge in [0.2, 0.25) is 0 Å². The van der Waals surface area contributed by atoms with Crippen LogP contribution in [0.5, 0.6) is 5.75 Å². The number of carbonyl (C=O) groups excluding carboxylic acids is 1. The first-order chi connectivity index (χ1) is 10.1. The van der Waals surface area contributed by atoms with Crippen molar-refractivity contribution in [3.05, 3.63) is 53.6 Å². The number of carbonyl (C=O) groups is 1. The molecule has 0 radical (unpaired) electrons. The van der Waals surface area contributed by atoms with Gasteiger partial charge in [-0.05, 0) is 36.8 Å². The standard InChI is InChI=1S/C16H15N3O2/c1-11-13(18)6-4-7-14(11)19-16(20)10-21-15-8-3-2-5-12(15)9-17/h2-8H,10,18H2,1H3,(H,19,20). The molecule has 5 heteroatoms. The Morgan fingerprint density at radius 1 is 1.29 bits per heavy atom. The van der Waals surface area contributed by atoms with E-state index < -0.39 is 0 Å². The second-order valence-corrected chi connectivity index (χ2v) is 4.46. The van der Waals surface area contributed by atoms with Crippen molar-refractivity contribution in [1.29, 1.82) is 5.26 Å². The summed E-state index contributed by atoms with van der Waals surface area (Å²) >= 11 is 0. The number of nitrogen functional groups attached to an aromatic ring is 1. The second kappa shape index (κ2) is 6.44. The van der Waals surface area contributed by atoms with E-state index in [4.69, 9.17) is 15.7 Å². The van der Waals surface area contributed by atoms with E-state index in [0.717, 1.165) is 5.56 Å². The topological polar surface area (TPSA) is 88.1 Å². The van der Waals surface area contributed by atoms with Gasteiger partial charge in [0, 0.05) is 11.4 Å². The number of nitriles is 1. The van der Waals surface area contributed by atoms with Crippen LogP contribution in [0.3, 0.4) is 0 Å². The van der Waals surface area contributed by atoms with Crippen LogP contribution in [0.2, 0.25) is 0 Å². The van der Waals surface area contributed by atoms with Crippen LogP contribution in [-0.4, -0.2) is 12.5 Å². The van der Waals surface area contributed by atoms with E-state index in [-0.39, 0.29) is 12.5 Å². The van der Waals surface area contributed by atoms with Crippen molar-refractivity contribution in [2.45, 2.75) is 6.92 Å².